The highest BCUT2D eigenvalue weighted by Crippen LogP contribution is 2.29. The highest BCUT2D eigenvalue weighted by Gasteiger charge is 2.28. The Morgan fingerprint density at radius 3 is 3.12 bits per heavy atom. The Labute approximate surface area is 108 Å². The van der Waals surface area contributed by atoms with Gasteiger partial charge >= 0.3 is 0 Å². The van der Waals surface area contributed by atoms with E-state index in [1.54, 1.807) is 11.3 Å². The minimum atomic E-state index is 0.531. The van der Waals surface area contributed by atoms with Gasteiger partial charge in [-0.1, -0.05) is 13.8 Å². The summed E-state index contributed by atoms with van der Waals surface area (Å²) in [7, 11) is 0. The zero-order valence-corrected chi connectivity index (χ0v) is 11.7. The fraction of sp³-hybridized carbons (Fsp3) is 0.769. The van der Waals surface area contributed by atoms with Crippen LogP contribution in [-0.2, 0) is 0 Å². The molecule has 2 unspecified atom stereocenters. The number of thiazole rings is 1. The summed E-state index contributed by atoms with van der Waals surface area (Å²) in [6.45, 7) is 8.02. The second-order valence-corrected chi connectivity index (χ2v) is 5.66. The molecule has 1 aromatic heterocycles. The molecule has 0 spiro atoms. The molecule has 96 valence electrons. The molecule has 17 heavy (non-hydrogen) atoms. The predicted molar refractivity (Wildman–Crippen MR) is 73.4 cm³/mol. The Morgan fingerprint density at radius 1 is 1.59 bits per heavy atom. The summed E-state index contributed by atoms with van der Waals surface area (Å²) in [5.41, 5.74) is 0. The monoisotopic (exact) mass is 253 g/mol. The SMILES string of the molecule is CCCNC1CCN(C(CC)c2nccs2)C1. The van der Waals surface area contributed by atoms with Crippen LogP contribution in [-0.4, -0.2) is 35.6 Å². The first-order valence-corrected chi connectivity index (χ1v) is 7.60. The maximum Gasteiger partial charge on any atom is 0.110 e. The number of likely N-dealkylation sites (tertiary alicyclic amines) is 1. The minimum absolute atomic E-state index is 0.531. The summed E-state index contributed by atoms with van der Waals surface area (Å²) in [5.74, 6) is 0. The molecule has 0 aromatic carbocycles. The summed E-state index contributed by atoms with van der Waals surface area (Å²) < 4.78 is 0. The van der Waals surface area contributed by atoms with Crippen molar-refractivity contribution in [3.05, 3.63) is 16.6 Å². The van der Waals surface area contributed by atoms with Gasteiger partial charge in [0.25, 0.3) is 0 Å². The average Bonchev–Trinajstić information content (AvgIpc) is 2.99. The molecule has 0 aliphatic carbocycles. The maximum atomic E-state index is 4.48. The molecule has 0 saturated carbocycles. The first kappa shape index (κ1) is 13.0. The standard InChI is InChI=1S/C13H23N3S/c1-3-6-14-11-5-8-16(10-11)12(4-2)13-15-7-9-17-13/h7,9,11-12,14H,3-6,8,10H2,1-2H3. The maximum absolute atomic E-state index is 4.48. The number of nitrogens with one attached hydrogen (secondary N) is 1. The fourth-order valence-corrected chi connectivity index (χ4v) is 3.43. The summed E-state index contributed by atoms with van der Waals surface area (Å²) in [6, 6.07) is 1.22. The highest BCUT2D eigenvalue weighted by atomic mass is 32.1. The lowest BCUT2D eigenvalue weighted by Gasteiger charge is -2.25. The van der Waals surface area contributed by atoms with E-state index >= 15 is 0 Å². The molecule has 2 heterocycles. The first-order valence-electron chi connectivity index (χ1n) is 6.72. The first-order chi connectivity index (χ1) is 8.35. The molecule has 1 aromatic rings. The second kappa shape index (κ2) is 6.47. The Kier molecular flexibility index (Phi) is 4.95. The van der Waals surface area contributed by atoms with Crippen LogP contribution in [0.4, 0.5) is 0 Å². The van der Waals surface area contributed by atoms with E-state index in [0.29, 0.717) is 12.1 Å². The summed E-state index contributed by atoms with van der Waals surface area (Å²) in [4.78, 5) is 7.07. The third kappa shape index (κ3) is 3.27. The third-order valence-electron chi connectivity index (χ3n) is 3.47. The van der Waals surface area contributed by atoms with Crippen LogP contribution in [0.15, 0.2) is 11.6 Å². The third-order valence-corrected chi connectivity index (χ3v) is 4.34. The van der Waals surface area contributed by atoms with Gasteiger partial charge in [-0.25, -0.2) is 4.98 Å². The molecular formula is C13H23N3S. The van der Waals surface area contributed by atoms with E-state index in [0.717, 1.165) is 13.0 Å². The van der Waals surface area contributed by atoms with Crippen LogP contribution in [0.5, 0.6) is 0 Å². The van der Waals surface area contributed by atoms with E-state index < -0.39 is 0 Å². The molecule has 1 N–H and O–H groups in total. The van der Waals surface area contributed by atoms with Crippen molar-refractivity contribution in [2.75, 3.05) is 19.6 Å². The quantitative estimate of drug-likeness (QED) is 0.845. The molecule has 0 bridgehead atoms. The normalized spacial score (nSPS) is 23.1. The van der Waals surface area contributed by atoms with Crippen LogP contribution in [0, 0.1) is 0 Å². The highest BCUT2D eigenvalue weighted by molar-refractivity contribution is 7.09. The fourth-order valence-electron chi connectivity index (χ4n) is 2.57. The Morgan fingerprint density at radius 2 is 2.47 bits per heavy atom. The van der Waals surface area contributed by atoms with Crippen LogP contribution in [0.1, 0.15) is 44.2 Å². The summed E-state index contributed by atoms with van der Waals surface area (Å²) >= 11 is 1.79. The topological polar surface area (TPSA) is 28.2 Å². The molecular weight excluding hydrogens is 230 g/mol. The van der Waals surface area contributed by atoms with Gasteiger partial charge < -0.3 is 5.32 Å². The van der Waals surface area contributed by atoms with Gasteiger partial charge in [0.05, 0.1) is 6.04 Å². The van der Waals surface area contributed by atoms with Gasteiger partial charge in [0.1, 0.15) is 5.01 Å². The lowest BCUT2D eigenvalue weighted by molar-refractivity contribution is 0.233. The lowest BCUT2D eigenvalue weighted by Crippen LogP contribution is -2.34. The van der Waals surface area contributed by atoms with Crippen LogP contribution < -0.4 is 5.32 Å². The van der Waals surface area contributed by atoms with Crippen molar-refractivity contribution in [3.8, 4) is 0 Å². The lowest BCUT2D eigenvalue weighted by atomic mass is 10.2. The number of rotatable bonds is 6. The number of nitrogens with zero attached hydrogens (tertiary/aromatic N) is 2. The molecule has 0 amide bonds. The summed E-state index contributed by atoms with van der Waals surface area (Å²) in [6.07, 6.45) is 5.58. The van der Waals surface area contributed by atoms with Crippen LogP contribution in [0.2, 0.25) is 0 Å². The van der Waals surface area contributed by atoms with Crippen molar-refractivity contribution in [3.63, 3.8) is 0 Å². The molecule has 0 radical (unpaired) electrons. The molecule has 2 atom stereocenters. The van der Waals surface area contributed by atoms with E-state index in [2.05, 4.69) is 34.4 Å². The van der Waals surface area contributed by atoms with Gasteiger partial charge in [-0.2, -0.15) is 0 Å². The molecule has 1 aliphatic rings. The van der Waals surface area contributed by atoms with Crippen molar-refractivity contribution in [1.82, 2.24) is 15.2 Å². The van der Waals surface area contributed by atoms with Gasteiger partial charge in [-0.15, -0.1) is 11.3 Å². The summed E-state index contributed by atoms with van der Waals surface area (Å²) in [5, 5.41) is 6.99. The molecule has 1 saturated heterocycles. The zero-order valence-electron chi connectivity index (χ0n) is 10.9. The van der Waals surface area contributed by atoms with Crippen molar-refractivity contribution >= 4 is 11.3 Å². The minimum Gasteiger partial charge on any atom is -0.313 e. The van der Waals surface area contributed by atoms with Crippen LogP contribution in [0.25, 0.3) is 0 Å². The van der Waals surface area contributed by atoms with E-state index in [1.165, 1.54) is 30.9 Å². The predicted octanol–water partition coefficient (Wildman–Crippen LogP) is 2.67. The molecule has 1 fully saturated rings. The smallest absolute Gasteiger partial charge is 0.110 e. The van der Waals surface area contributed by atoms with E-state index in [1.807, 2.05) is 6.20 Å². The van der Waals surface area contributed by atoms with Crippen molar-refractivity contribution in [2.45, 2.75) is 45.2 Å². The number of hydrogen-bond acceptors (Lipinski definition) is 4. The van der Waals surface area contributed by atoms with Gasteiger partial charge in [-0.05, 0) is 25.8 Å². The molecule has 3 nitrogen and oxygen atoms in total. The van der Waals surface area contributed by atoms with E-state index in [9.17, 15) is 0 Å². The zero-order chi connectivity index (χ0) is 12.1. The Hall–Kier alpha value is -0.450. The van der Waals surface area contributed by atoms with E-state index in [-0.39, 0.29) is 0 Å². The van der Waals surface area contributed by atoms with Gasteiger partial charge in [0.15, 0.2) is 0 Å². The largest absolute Gasteiger partial charge is 0.313 e. The Bertz CT molecular complexity index is 312. The van der Waals surface area contributed by atoms with Crippen molar-refractivity contribution in [2.24, 2.45) is 0 Å². The molecule has 4 heteroatoms. The van der Waals surface area contributed by atoms with E-state index in [4.69, 9.17) is 0 Å². The van der Waals surface area contributed by atoms with Gasteiger partial charge in [0.2, 0.25) is 0 Å². The van der Waals surface area contributed by atoms with Gasteiger partial charge in [0, 0.05) is 30.7 Å². The molecule has 1 aliphatic heterocycles. The van der Waals surface area contributed by atoms with Gasteiger partial charge in [-0.3, -0.25) is 4.90 Å². The number of aromatic nitrogens is 1. The van der Waals surface area contributed by atoms with Crippen LogP contribution >= 0.6 is 11.3 Å². The second-order valence-electron chi connectivity index (χ2n) is 4.73. The molecule has 2 rings (SSSR count). The average molecular weight is 253 g/mol. The van der Waals surface area contributed by atoms with Crippen molar-refractivity contribution in [1.29, 1.82) is 0 Å². The number of hydrogen-bond donors (Lipinski definition) is 1. The van der Waals surface area contributed by atoms with Crippen molar-refractivity contribution < 1.29 is 0 Å². The van der Waals surface area contributed by atoms with Crippen LogP contribution in [0.3, 0.4) is 0 Å². The Balaban J connectivity index is 1.90.